The second-order valence-electron chi connectivity index (χ2n) is 4.26. The number of carbonyl (C=O) groups excluding carboxylic acids is 1. The first-order chi connectivity index (χ1) is 9.48. The molecule has 1 aliphatic heterocycles. The summed E-state index contributed by atoms with van der Waals surface area (Å²) >= 11 is 0. The van der Waals surface area contributed by atoms with E-state index in [4.69, 9.17) is 5.73 Å². The Morgan fingerprint density at radius 2 is 1.48 bits per heavy atom. The zero-order valence-corrected chi connectivity index (χ0v) is 10.0. The van der Waals surface area contributed by atoms with Crippen LogP contribution in [0.3, 0.4) is 0 Å². The van der Waals surface area contributed by atoms with Gasteiger partial charge in [-0.15, -0.1) is 0 Å². The standard InChI is InChI=1S/C11H7F6N3O/c12-10(13,14)5-1-4(2-6(3-5)11(15,16)17)7-8(18)20-9(21)19-7/h1-3,7H,(H3,18,19,20,21). The fourth-order valence-electron chi connectivity index (χ4n) is 1.81. The maximum Gasteiger partial charge on any atom is 0.416 e. The zero-order chi connectivity index (χ0) is 16.0. The van der Waals surface area contributed by atoms with Gasteiger partial charge in [-0.1, -0.05) is 0 Å². The molecule has 4 nitrogen and oxygen atoms in total. The van der Waals surface area contributed by atoms with E-state index in [-0.39, 0.29) is 6.07 Å². The predicted molar refractivity (Wildman–Crippen MR) is 59.3 cm³/mol. The van der Waals surface area contributed by atoms with Gasteiger partial charge in [-0.3, -0.25) is 0 Å². The molecule has 0 radical (unpaired) electrons. The molecule has 1 aromatic rings. The molecule has 2 rings (SSSR count). The molecule has 1 heterocycles. The summed E-state index contributed by atoms with van der Waals surface area (Å²) in [4.78, 5) is 14.2. The van der Waals surface area contributed by atoms with Gasteiger partial charge in [0, 0.05) is 0 Å². The molecule has 1 aromatic carbocycles. The third-order valence-corrected chi connectivity index (χ3v) is 2.74. The minimum Gasteiger partial charge on any atom is -0.385 e. The van der Waals surface area contributed by atoms with Crippen LogP contribution in [0.1, 0.15) is 22.7 Å². The number of rotatable bonds is 1. The van der Waals surface area contributed by atoms with Gasteiger partial charge < -0.3 is 11.1 Å². The lowest BCUT2D eigenvalue weighted by Crippen LogP contribution is -2.28. The average Bonchev–Trinajstić information content (AvgIpc) is 2.65. The van der Waals surface area contributed by atoms with Crippen molar-refractivity contribution in [3.63, 3.8) is 0 Å². The van der Waals surface area contributed by atoms with E-state index >= 15 is 0 Å². The molecule has 1 atom stereocenters. The first kappa shape index (κ1) is 15.1. The Kier molecular flexibility index (Phi) is 3.34. The first-order valence-electron chi connectivity index (χ1n) is 5.42. The molecule has 0 saturated carbocycles. The first-order valence-corrected chi connectivity index (χ1v) is 5.42. The molecule has 0 aromatic heterocycles. The van der Waals surface area contributed by atoms with Crippen LogP contribution in [-0.4, -0.2) is 11.9 Å². The molecule has 0 fully saturated rings. The number of alkyl halides is 6. The van der Waals surface area contributed by atoms with Crippen LogP contribution < -0.4 is 11.1 Å². The highest BCUT2D eigenvalue weighted by Gasteiger charge is 2.38. The van der Waals surface area contributed by atoms with Crippen LogP contribution in [0.2, 0.25) is 0 Å². The van der Waals surface area contributed by atoms with Crippen molar-refractivity contribution in [2.75, 3.05) is 0 Å². The van der Waals surface area contributed by atoms with Gasteiger partial charge >= 0.3 is 18.4 Å². The number of urea groups is 1. The Morgan fingerprint density at radius 1 is 1.00 bits per heavy atom. The van der Waals surface area contributed by atoms with Gasteiger partial charge in [0.2, 0.25) is 0 Å². The number of nitrogens with one attached hydrogen (secondary N) is 1. The van der Waals surface area contributed by atoms with Crippen molar-refractivity contribution in [2.24, 2.45) is 10.7 Å². The van der Waals surface area contributed by atoms with Crippen LogP contribution in [0.25, 0.3) is 0 Å². The highest BCUT2D eigenvalue weighted by Crippen LogP contribution is 2.37. The van der Waals surface area contributed by atoms with Crippen molar-refractivity contribution >= 4 is 11.9 Å². The van der Waals surface area contributed by atoms with Crippen LogP contribution in [0.15, 0.2) is 23.2 Å². The summed E-state index contributed by atoms with van der Waals surface area (Å²) in [5.74, 6) is -0.396. The van der Waals surface area contributed by atoms with Crippen molar-refractivity contribution in [2.45, 2.75) is 18.4 Å². The van der Waals surface area contributed by atoms with Crippen LogP contribution >= 0.6 is 0 Å². The lowest BCUT2D eigenvalue weighted by atomic mass is 9.99. The summed E-state index contributed by atoms with van der Waals surface area (Å²) in [5, 5.41) is 2.07. The quantitative estimate of drug-likeness (QED) is 0.783. The van der Waals surface area contributed by atoms with Crippen LogP contribution in [0.4, 0.5) is 31.1 Å². The number of halogens is 6. The number of aliphatic imine (C=N–C) groups is 1. The number of nitrogens with zero attached hydrogens (tertiary/aromatic N) is 1. The third-order valence-electron chi connectivity index (χ3n) is 2.74. The minimum absolute atomic E-state index is 0.00634. The number of hydrogen-bond donors (Lipinski definition) is 2. The summed E-state index contributed by atoms with van der Waals surface area (Å²) in [6.45, 7) is 0. The van der Waals surface area contributed by atoms with Gasteiger partial charge in [-0.2, -0.15) is 31.3 Å². The second-order valence-corrected chi connectivity index (χ2v) is 4.26. The van der Waals surface area contributed by atoms with E-state index in [1.54, 1.807) is 0 Å². The van der Waals surface area contributed by atoms with Crippen molar-refractivity contribution in [1.82, 2.24) is 5.32 Å². The lowest BCUT2D eigenvalue weighted by molar-refractivity contribution is -0.143. The third kappa shape index (κ3) is 3.09. The number of nitrogens with two attached hydrogens (primary N) is 1. The minimum atomic E-state index is -4.97. The van der Waals surface area contributed by atoms with Gasteiger partial charge in [-0.05, 0) is 23.8 Å². The highest BCUT2D eigenvalue weighted by molar-refractivity contribution is 6.03. The van der Waals surface area contributed by atoms with E-state index in [1.807, 2.05) is 0 Å². The summed E-state index contributed by atoms with van der Waals surface area (Å²) in [7, 11) is 0. The zero-order valence-electron chi connectivity index (χ0n) is 10.0. The van der Waals surface area contributed by atoms with Gasteiger partial charge in [0.15, 0.2) is 0 Å². The topological polar surface area (TPSA) is 67.5 Å². The van der Waals surface area contributed by atoms with Crippen LogP contribution in [0, 0.1) is 0 Å². The normalized spacial score (nSPS) is 19.4. The molecule has 1 aliphatic rings. The number of amidine groups is 1. The Hall–Kier alpha value is -2.26. The van der Waals surface area contributed by atoms with Gasteiger partial charge in [-0.25, -0.2) is 4.79 Å². The van der Waals surface area contributed by atoms with Crippen molar-refractivity contribution in [1.29, 1.82) is 0 Å². The van der Waals surface area contributed by atoms with E-state index in [0.29, 0.717) is 12.1 Å². The molecule has 0 saturated heterocycles. The molecular formula is C11H7F6N3O. The fraction of sp³-hybridized carbons (Fsp3) is 0.273. The number of amides is 2. The molecule has 0 aliphatic carbocycles. The molecule has 1 unspecified atom stereocenters. The van der Waals surface area contributed by atoms with Crippen molar-refractivity contribution < 1.29 is 31.1 Å². The Balaban J connectivity index is 2.56. The summed E-state index contributed by atoms with van der Waals surface area (Å²) in [5.41, 5.74) is 1.91. The second kappa shape index (κ2) is 4.64. The Bertz CT molecular complexity index is 587. The van der Waals surface area contributed by atoms with E-state index < -0.39 is 47.0 Å². The SMILES string of the molecule is NC1=NC(=O)NC1c1cc(C(F)(F)F)cc(C(F)(F)F)c1. The predicted octanol–water partition coefficient (Wildman–Crippen LogP) is 2.85. The molecular weight excluding hydrogens is 304 g/mol. The maximum absolute atomic E-state index is 12.7. The smallest absolute Gasteiger partial charge is 0.385 e. The molecule has 0 spiro atoms. The molecule has 3 N–H and O–H groups in total. The van der Waals surface area contributed by atoms with E-state index in [1.165, 1.54) is 0 Å². The molecule has 21 heavy (non-hydrogen) atoms. The number of carbonyl (C=O) groups is 1. The van der Waals surface area contributed by atoms with Crippen molar-refractivity contribution in [3.8, 4) is 0 Å². The molecule has 0 bridgehead atoms. The van der Waals surface area contributed by atoms with Crippen LogP contribution in [-0.2, 0) is 12.4 Å². The fourth-order valence-corrected chi connectivity index (χ4v) is 1.81. The Morgan fingerprint density at radius 3 is 1.81 bits per heavy atom. The van der Waals surface area contributed by atoms with Crippen LogP contribution in [0.5, 0.6) is 0 Å². The van der Waals surface area contributed by atoms with E-state index in [9.17, 15) is 31.1 Å². The number of benzene rings is 1. The molecule has 114 valence electrons. The van der Waals surface area contributed by atoms with E-state index in [2.05, 4.69) is 10.3 Å². The highest BCUT2D eigenvalue weighted by atomic mass is 19.4. The van der Waals surface area contributed by atoms with Gasteiger partial charge in [0.25, 0.3) is 0 Å². The average molecular weight is 311 g/mol. The summed E-state index contributed by atoms with van der Waals surface area (Å²) in [6, 6.07) is -1.26. The van der Waals surface area contributed by atoms with Gasteiger partial charge in [0.1, 0.15) is 11.9 Å². The number of hydrogen-bond acceptors (Lipinski definition) is 2. The largest absolute Gasteiger partial charge is 0.416 e. The summed E-state index contributed by atoms with van der Waals surface area (Å²) < 4.78 is 76.1. The Labute approximate surface area is 113 Å². The maximum atomic E-state index is 12.7. The molecule has 2 amide bonds. The molecule has 10 heteroatoms. The van der Waals surface area contributed by atoms with Crippen molar-refractivity contribution in [3.05, 3.63) is 34.9 Å². The monoisotopic (exact) mass is 311 g/mol. The lowest BCUT2D eigenvalue weighted by Gasteiger charge is -2.17. The summed E-state index contributed by atoms with van der Waals surface area (Å²) in [6.07, 6.45) is -9.94. The van der Waals surface area contributed by atoms with E-state index in [0.717, 1.165) is 0 Å². The van der Waals surface area contributed by atoms with Gasteiger partial charge in [0.05, 0.1) is 11.1 Å².